The van der Waals surface area contributed by atoms with Crippen LogP contribution < -0.4 is 5.32 Å². The maximum atomic E-state index is 12.0. The van der Waals surface area contributed by atoms with Crippen molar-refractivity contribution in [2.75, 3.05) is 6.61 Å². The molecule has 0 aliphatic rings. The molecule has 0 bridgehead atoms. The number of carbonyl (C=O) groups excluding carboxylic acids is 2. The zero-order valence-electron chi connectivity index (χ0n) is 11.2. The number of nitrogens with zero attached hydrogens (tertiary/aromatic N) is 1. The molecule has 18 heavy (non-hydrogen) atoms. The summed E-state index contributed by atoms with van der Waals surface area (Å²) in [5, 5.41) is 11.9. The highest BCUT2D eigenvalue weighted by atomic mass is 16.3. The molecule has 2 N–H and O–H groups in total. The summed E-state index contributed by atoms with van der Waals surface area (Å²) in [6.45, 7) is 5.20. The molecular weight excluding hydrogens is 232 g/mol. The summed E-state index contributed by atoms with van der Waals surface area (Å²) in [7, 11) is 1.71. The monoisotopic (exact) mass is 252 g/mol. The van der Waals surface area contributed by atoms with E-state index in [0.717, 1.165) is 0 Å². The molecule has 1 heterocycles. The first-order chi connectivity index (χ1) is 8.36. The predicted octanol–water partition coefficient (Wildman–Crippen LogP) is 0.974. The molecule has 5 nitrogen and oxygen atoms in total. The molecule has 0 saturated heterocycles. The van der Waals surface area contributed by atoms with Gasteiger partial charge >= 0.3 is 0 Å². The minimum atomic E-state index is -0.284. The van der Waals surface area contributed by atoms with Crippen molar-refractivity contribution < 1.29 is 14.7 Å². The molecule has 0 fully saturated rings. The lowest BCUT2D eigenvalue weighted by Gasteiger charge is -2.19. The molecule has 0 aliphatic carbocycles. The number of rotatable bonds is 5. The number of amides is 1. The Bertz CT molecular complexity index is 449. The molecule has 0 saturated carbocycles. The molecule has 0 unspecified atom stereocenters. The zero-order chi connectivity index (χ0) is 13.9. The molecule has 0 spiro atoms. The van der Waals surface area contributed by atoms with Gasteiger partial charge in [0.25, 0.3) is 5.91 Å². The highest BCUT2D eigenvalue weighted by Crippen LogP contribution is 2.09. The molecule has 1 rings (SSSR count). The van der Waals surface area contributed by atoms with Gasteiger partial charge in [0.1, 0.15) is 5.69 Å². The third-order valence-corrected chi connectivity index (χ3v) is 2.96. The fourth-order valence-electron chi connectivity index (χ4n) is 1.65. The SMILES string of the molecule is CC(=O)c1cc(C(=O)N[C@H](CO)C(C)C)n(C)c1. The minimum absolute atomic E-state index is 0.0767. The van der Waals surface area contributed by atoms with Crippen molar-refractivity contribution in [3.63, 3.8) is 0 Å². The molecule has 100 valence electrons. The number of aliphatic hydroxyl groups is 1. The van der Waals surface area contributed by atoms with Gasteiger partial charge in [-0.1, -0.05) is 13.8 Å². The number of aliphatic hydroxyl groups excluding tert-OH is 1. The molecule has 1 amide bonds. The molecule has 1 atom stereocenters. The van der Waals surface area contributed by atoms with Gasteiger partial charge in [0, 0.05) is 18.8 Å². The third kappa shape index (κ3) is 3.20. The first-order valence-electron chi connectivity index (χ1n) is 5.95. The lowest BCUT2D eigenvalue weighted by molar-refractivity contribution is 0.0888. The van der Waals surface area contributed by atoms with E-state index < -0.39 is 0 Å². The fraction of sp³-hybridized carbons (Fsp3) is 0.538. The quantitative estimate of drug-likeness (QED) is 0.767. The predicted molar refractivity (Wildman–Crippen MR) is 68.6 cm³/mol. The Morgan fingerprint density at radius 1 is 1.44 bits per heavy atom. The standard InChI is InChI=1S/C13H20N2O3/c1-8(2)11(7-16)14-13(18)12-5-10(9(3)17)6-15(12)4/h5-6,8,11,16H,7H2,1-4H3,(H,14,18)/t11-/m1/s1. The fourth-order valence-corrected chi connectivity index (χ4v) is 1.65. The van der Waals surface area contributed by atoms with E-state index in [0.29, 0.717) is 11.3 Å². The second-order valence-electron chi connectivity index (χ2n) is 4.79. The van der Waals surface area contributed by atoms with Gasteiger partial charge in [-0.25, -0.2) is 0 Å². The molecule has 0 radical (unpaired) electrons. The summed E-state index contributed by atoms with van der Waals surface area (Å²) in [4.78, 5) is 23.3. The molecule has 0 aromatic carbocycles. The second-order valence-corrected chi connectivity index (χ2v) is 4.79. The number of nitrogens with one attached hydrogen (secondary N) is 1. The van der Waals surface area contributed by atoms with Crippen LogP contribution in [0.5, 0.6) is 0 Å². The van der Waals surface area contributed by atoms with Gasteiger partial charge in [0.2, 0.25) is 0 Å². The number of hydrogen-bond donors (Lipinski definition) is 2. The smallest absolute Gasteiger partial charge is 0.268 e. The van der Waals surface area contributed by atoms with E-state index in [4.69, 9.17) is 0 Å². The molecular formula is C13H20N2O3. The van der Waals surface area contributed by atoms with Crippen LogP contribution in [-0.4, -0.2) is 34.0 Å². The molecule has 1 aromatic rings. The number of Topliss-reactive ketones (excluding diaryl/α,β-unsaturated/α-hetero) is 1. The van der Waals surface area contributed by atoms with Crippen LogP contribution in [0.3, 0.4) is 0 Å². The van der Waals surface area contributed by atoms with Crippen LogP contribution in [-0.2, 0) is 7.05 Å². The lowest BCUT2D eigenvalue weighted by Crippen LogP contribution is -2.41. The third-order valence-electron chi connectivity index (χ3n) is 2.96. The van der Waals surface area contributed by atoms with E-state index in [2.05, 4.69) is 5.32 Å². The van der Waals surface area contributed by atoms with Gasteiger partial charge in [-0.05, 0) is 18.9 Å². The van der Waals surface area contributed by atoms with E-state index in [1.54, 1.807) is 23.9 Å². The number of aryl methyl sites for hydroxylation is 1. The molecule has 0 aliphatic heterocycles. The van der Waals surface area contributed by atoms with Gasteiger partial charge in [-0.3, -0.25) is 9.59 Å². The zero-order valence-corrected chi connectivity index (χ0v) is 11.2. The summed E-state index contributed by atoms with van der Waals surface area (Å²) in [6.07, 6.45) is 1.63. The summed E-state index contributed by atoms with van der Waals surface area (Å²) >= 11 is 0. The first kappa shape index (κ1) is 14.4. The van der Waals surface area contributed by atoms with Crippen LogP contribution in [0.25, 0.3) is 0 Å². The number of ketones is 1. The Labute approximate surface area is 107 Å². The number of carbonyl (C=O) groups is 2. The van der Waals surface area contributed by atoms with E-state index in [1.165, 1.54) is 6.92 Å². The summed E-state index contributed by atoms with van der Waals surface area (Å²) in [5.41, 5.74) is 0.923. The van der Waals surface area contributed by atoms with Crippen LogP contribution >= 0.6 is 0 Å². The van der Waals surface area contributed by atoms with Crippen molar-refractivity contribution in [3.05, 3.63) is 23.5 Å². The highest BCUT2D eigenvalue weighted by Gasteiger charge is 2.19. The van der Waals surface area contributed by atoms with Crippen molar-refractivity contribution in [2.45, 2.75) is 26.8 Å². The van der Waals surface area contributed by atoms with Gasteiger partial charge in [0.15, 0.2) is 5.78 Å². The van der Waals surface area contributed by atoms with E-state index in [9.17, 15) is 14.7 Å². The van der Waals surface area contributed by atoms with Crippen molar-refractivity contribution >= 4 is 11.7 Å². The maximum absolute atomic E-state index is 12.0. The van der Waals surface area contributed by atoms with Gasteiger partial charge in [-0.15, -0.1) is 0 Å². The Hall–Kier alpha value is -1.62. The Morgan fingerprint density at radius 3 is 2.44 bits per heavy atom. The normalized spacial score (nSPS) is 12.6. The van der Waals surface area contributed by atoms with E-state index >= 15 is 0 Å². The van der Waals surface area contributed by atoms with Crippen LogP contribution in [0.4, 0.5) is 0 Å². The van der Waals surface area contributed by atoms with Gasteiger partial charge in [-0.2, -0.15) is 0 Å². The van der Waals surface area contributed by atoms with Gasteiger partial charge < -0.3 is 15.0 Å². The molecule has 5 heteroatoms. The van der Waals surface area contributed by atoms with E-state index in [-0.39, 0.29) is 30.3 Å². The maximum Gasteiger partial charge on any atom is 0.268 e. The topological polar surface area (TPSA) is 71.3 Å². The summed E-state index contributed by atoms with van der Waals surface area (Å²) < 4.78 is 1.61. The van der Waals surface area contributed by atoms with E-state index in [1.807, 2.05) is 13.8 Å². The summed E-state index contributed by atoms with van der Waals surface area (Å²) in [6, 6.07) is 1.28. The Kier molecular flexibility index (Phi) is 4.67. The van der Waals surface area contributed by atoms with Crippen LogP contribution in [0.1, 0.15) is 41.6 Å². The van der Waals surface area contributed by atoms with Crippen molar-refractivity contribution in [2.24, 2.45) is 13.0 Å². The molecule has 1 aromatic heterocycles. The van der Waals surface area contributed by atoms with Gasteiger partial charge in [0.05, 0.1) is 12.6 Å². The Morgan fingerprint density at radius 2 is 2.06 bits per heavy atom. The summed E-state index contributed by atoms with van der Waals surface area (Å²) in [5.74, 6) is -0.212. The van der Waals surface area contributed by atoms with Crippen LogP contribution in [0.15, 0.2) is 12.3 Å². The largest absolute Gasteiger partial charge is 0.394 e. The first-order valence-corrected chi connectivity index (χ1v) is 5.95. The highest BCUT2D eigenvalue weighted by molar-refractivity contribution is 5.99. The van der Waals surface area contributed by atoms with Crippen LogP contribution in [0, 0.1) is 5.92 Å². The average molecular weight is 252 g/mol. The van der Waals surface area contributed by atoms with Crippen LogP contribution in [0.2, 0.25) is 0 Å². The number of aromatic nitrogens is 1. The minimum Gasteiger partial charge on any atom is -0.394 e. The second kappa shape index (κ2) is 5.82. The number of hydrogen-bond acceptors (Lipinski definition) is 3. The van der Waals surface area contributed by atoms with Crippen molar-refractivity contribution in [1.29, 1.82) is 0 Å². The lowest BCUT2D eigenvalue weighted by atomic mass is 10.1. The van der Waals surface area contributed by atoms with Crippen molar-refractivity contribution in [1.82, 2.24) is 9.88 Å². The Balaban J connectivity index is 2.87. The average Bonchev–Trinajstić information content (AvgIpc) is 2.67. The van der Waals surface area contributed by atoms with Crippen molar-refractivity contribution in [3.8, 4) is 0 Å².